The fourth-order valence-electron chi connectivity index (χ4n) is 2.73. The monoisotopic (exact) mass is 314 g/mol. The molecular formula is C17H34N2O3. The molecule has 0 radical (unpaired) electrons. The lowest BCUT2D eigenvalue weighted by atomic mass is 9.92. The maximum absolute atomic E-state index is 12.1. The smallest absolute Gasteiger partial charge is 0.408 e. The summed E-state index contributed by atoms with van der Waals surface area (Å²) in [6.07, 6.45) is 3.78. The normalized spacial score (nSPS) is 19.8. The zero-order chi connectivity index (χ0) is 16.6. The standard InChI is InChI=1S/C17H34N2O3/c1-6-17(7-2,19-15(20)22-16(3,4)5)13-18-11-14-9-8-10-21-12-14/h14,18H,6-13H2,1-5H3,(H,19,20). The summed E-state index contributed by atoms with van der Waals surface area (Å²) in [7, 11) is 0. The number of amides is 1. The second-order valence-corrected chi connectivity index (χ2v) is 7.33. The van der Waals surface area contributed by atoms with E-state index < -0.39 is 5.60 Å². The van der Waals surface area contributed by atoms with E-state index in [4.69, 9.17) is 9.47 Å². The molecule has 0 spiro atoms. The van der Waals surface area contributed by atoms with Crippen LogP contribution in [0.15, 0.2) is 0 Å². The molecule has 5 nitrogen and oxygen atoms in total. The maximum atomic E-state index is 12.1. The molecule has 0 aromatic carbocycles. The summed E-state index contributed by atoms with van der Waals surface area (Å²) >= 11 is 0. The van der Waals surface area contributed by atoms with Gasteiger partial charge in [-0.2, -0.15) is 0 Å². The molecule has 22 heavy (non-hydrogen) atoms. The van der Waals surface area contributed by atoms with Crippen LogP contribution in [0.2, 0.25) is 0 Å². The van der Waals surface area contributed by atoms with Crippen molar-refractivity contribution in [3.8, 4) is 0 Å². The van der Waals surface area contributed by atoms with Gasteiger partial charge in [-0.05, 0) is 52.4 Å². The summed E-state index contributed by atoms with van der Waals surface area (Å²) < 4.78 is 10.9. The van der Waals surface area contributed by atoms with Gasteiger partial charge < -0.3 is 20.1 Å². The highest BCUT2D eigenvalue weighted by Gasteiger charge is 2.30. The first-order valence-corrected chi connectivity index (χ1v) is 8.60. The molecule has 1 unspecified atom stereocenters. The van der Waals surface area contributed by atoms with Crippen LogP contribution in [0, 0.1) is 5.92 Å². The van der Waals surface area contributed by atoms with Crippen molar-refractivity contribution in [2.75, 3.05) is 26.3 Å². The van der Waals surface area contributed by atoms with Crippen LogP contribution < -0.4 is 10.6 Å². The predicted molar refractivity (Wildman–Crippen MR) is 89.1 cm³/mol. The van der Waals surface area contributed by atoms with Crippen LogP contribution in [-0.2, 0) is 9.47 Å². The SMILES string of the molecule is CCC(CC)(CNCC1CCCOC1)NC(=O)OC(C)(C)C. The Morgan fingerprint density at radius 2 is 1.95 bits per heavy atom. The Kier molecular flexibility index (Phi) is 7.63. The molecule has 130 valence electrons. The zero-order valence-corrected chi connectivity index (χ0v) is 15.0. The highest BCUT2D eigenvalue weighted by Crippen LogP contribution is 2.17. The van der Waals surface area contributed by atoms with Crippen molar-refractivity contribution in [2.45, 2.75) is 71.4 Å². The minimum Gasteiger partial charge on any atom is -0.444 e. The molecule has 5 heteroatoms. The van der Waals surface area contributed by atoms with E-state index in [1.165, 1.54) is 6.42 Å². The fraction of sp³-hybridized carbons (Fsp3) is 0.941. The van der Waals surface area contributed by atoms with Crippen molar-refractivity contribution >= 4 is 6.09 Å². The van der Waals surface area contributed by atoms with Crippen LogP contribution in [0.4, 0.5) is 4.79 Å². The number of nitrogens with one attached hydrogen (secondary N) is 2. The van der Waals surface area contributed by atoms with Crippen LogP contribution in [0.5, 0.6) is 0 Å². The molecule has 0 bridgehead atoms. The van der Waals surface area contributed by atoms with Crippen LogP contribution >= 0.6 is 0 Å². The number of carbonyl (C=O) groups is 1. The Morgan fingerprint density at radius 3 is 2.45 bits per heavy atom. The molecule has 0 aromatic heterocycles. The van der Waals surface area contributed by atoms with Crippen molar-refractivity contribution in [1.29, 1.82) is 0 Å². The van der Waals surface area contributed by atoms with Gasteiger partial charge in [-0.15, -0.1) is 0 Å². The van der Waals surface area contributed by atoms with E-state index >= 15 is 0 Å². The second kappa shape index (κ2) is 8.73. The lowest BCUT2D eigenvalue weighted by Crippen LogP contribution is -2.55. The molecular weight excluding hydrogens is 280 g/mol. The van der Waals surface area contributed by atoms with Gasteiger partial charge in [0.15, 0.2) is 0 Å². The Bertz CT molecular complexity index is 329. The van der Waals surface area contributed by atoms with E-state index in [0.29, 0.717) is 5.92 Å². The largest absolute Gasteiger partial charge is 0.444 e. The topological polar surface area (TPSA) is 59.6 Å². The highest BCUT2D eigenvalue weighted by atomic mass is 16.6. The van der Waals surface area contributed by atoms with Gasteiger partial charge in [0.1, 0.15) is 5.60 Å². The van der Waals surface area contributed by atoms with Gasteiger partial charge in [-0.1, -0.05) is 13.8 Å². The lowest BCUT2D eigenvalue weighted by Gasteiger charge is -2.35. The van der Waals surface area contributed by atoms with Gasteiger partial charge in [0.2, 0.25) is 0 Å². The molecule has 1 aliphatic heterocycles. The molecule has 1 rings (SSSR count). The van der Waals surface area contributed by atoms with E-state index in [2.05, 4.69) is 24.5 Å². The van der Waals surface area contributed by atoms with Crippen molar-refractivity contribution in [3.05, 3.63) is 0 Å². The molecule has 0 aliphatic carbocycles. The van der Waals surface area contributed by atoms with Crippen LogP contribution in [-0.4, -0.2) is 43.5 Å². The quantitative estimate of drug-likeness (QED) is 0.758. The van der Waals surface area contributed by atoms with Gasteiger partial charge >= 0.3 is 6.09 Å². The lowest BCUT2D eigenvalue weighted by molar-refractivity contribution is 0.0429. The van der Waals surface area contributed by atoms with Crippen LogP contribution in [0.25, 0.3) is 0 Å². The van der Waals surface area contributed by atoms with E-state index in [-0.39, 0.29) is 11.6 Å². The minimum atomic E-state index is -0.468. The van der Waals surface area contributed by atoms with Crippen LogP contribution in [0.3, 0.4) is 0 Å². The molecule has 0 aromatic rings. The Hall–Kier alpha value is -0.810. The van der Waals surface area contributed by atoms with E-state index in [0.717, 1.165) is 45.6 Å². The maximum Gasteiger partial charge on any atom is 0.408 e. The Balaban J connectivity index is 2.45. The van der Waals surface area contributed by atoms with Gasteiger partial charge in [-0.3, -0.25) is 0 Å². The molecule has 1 aliphatic rings. The summed E-state index contributed by atoms with van der Waals surface area (Å²) in [6.45, 7) is 13.3. The van der Waals surface area contributed by atoms with E-state index in [1.54, 1.807) is 0 Å². The molecule has 1 atom stereocenters. The molecule has 1 saturated heterocycles. The number of rotatable bonds is 7. The Labute approximate surface area is 135 Å². The number of ether oxygens (including phenoxy) is 2. The van der Waals surface area contributed by atoms with E-state index in [1.807, 2.05) is 20.8 Å². The highest BCUT2D eigenvalue weighted by molar-refractivity contribution is 5.68. The van der Waals surface area contributed by atoms with Crippen molar-refractivity contribution < 1.29 is 14.3 Å². The molecule has 2 N–H and O–H groups in total. The number of hydrogen-bond acceptors (Lipinski definition) is 4. The molecule has 1 fully saturated rings. The number of carbonyl (C=O) groups excluding carboxylic acids is 1. The summed E-state index contributed by atoms with van der Waals surface area (Å²) in [5, 5.41) is 6.59. The fourth-order valence-corrected chi connectivity index (χ4v) is 2.73. The van der Waals surface area contributed by atoms with Crippen molar-refractivity contribution in [3.63, 3.8) is 0 Å². The number of hydrogen-bond donors (Lipinski definition) is 2. The molecule has 1 heterocycles. The average Bonchev–Trinajstić information content (AvgIpc) is 2.45. The van der Waals surface area contributed by atoms with Crippen LogP contribution in [0.1, 0.15) is 60.3 Å². The summed E-state index contributed by atoms with van der Waals surface area (Å²) in [6, 6.07) is 0. The minimum absolute atomic E-state index is 0.252. The van der Waals surface area contributed by atoms with Crippen molar-refractivity contribution in [2.24, 2.45) is 5.92 Å². The zero-order valence-electron chi connectivity index (χ0n) is 15.0. The average molecular weight is 314 g/mol. The van der Waals surface area contributed by atoms with Crippen molar-refractivity contribution in [1.82, 2.24) is 10.6 Å². The summed E-state index contributed by atoms with van der Waals surface area (Å²) in [5.41, 5.74) is -0.720. The van der Waals surface area contributed by atoms with Gasteiger partial charge in [-0.25, -0.2) is 4.79 Å². The first-order chi connectivity index (χ1) is 10.3. The Morgan fingerprint density at radius 1 is 1.27 bits per heavy atom. The number of alkyl carbamates (subject to hydrolysis) is 1. The van der Waals surface area contributed by atoms with Gasteiger partial charge in [0, 0.05) is 19.7 Å². The molecule has 1 amide bonds. The predicted octanol–water partition coefficient (Wildman–Crippen LogP) is 3.09. The first-order valence-electron chi connectivity index (χ1n) is 8.60. The first kappa shape index (κ1) is 19.2. The van der Waals surface area contributed by atoms with E-state index in [9.17, 15) is 4.79 Å². The molecule has 0 saturated carbocycles. The summed E-state index contributed by atoms with van der Waals surface area (Å²) in [4.78, 5) is 12.1. The third-order valence-corrected chi connectivity index (χ3v) is 4.27. The van der Waals surface area contributed by atoms with Gasteiger partial charge in [0.25, 0.3) is 0 Å². The van der Waals surface area contributed by atoms with Gasteiger partial charge in [0.05, 0.1) is 12.1 Å². The second-order valence-electron chi connectivity index (χ2n) is 7.33. The third-order valence-electron chi connectivity index (χ3n) is 4.27. The summed E-state index contributed by atoms with van der Waals surface area (Å²) in [5.74, 6) is 0.585. The third kappa shape index (κ3) is 6.97.